The summed E-state index contributed by atoms with van der Waals surface area (Å²) in [7, 11) is -5.63. The van der Waals surface area contributed by atoms with Crippen molar-refractivity contribution < 1.29 is 31.5 Å². The fraction of sp³-hybridized carbons (Fsp3) is 0.588. The average molecular weight is 420 g/mol. The minimum absolute atomic E-state index is 0.0225. The van der Waals surface area contributed by atoms with Gasteiger partial charge in [-0.3, -0.25) is 4.79 Å². The molecule has 1 atom stereocenters. The molecule has 0 aliphatic carbocycles. The second-order valence-corrected chi connectivity index (χ2v) is 10.7. The highest BCUT2D eigenvalue weighted by Gasteiger charge is 2.38. The molecule has 10 heteroatoms. The molecule has 2 rings (SSSR count). The molecule has 1 saturated heterocycles. The number of unbranched alkanes of at least 4 members (excludes halogenated alkanes) is 2. The lowest BCUT2D eigenvalue weighted by atomic mass is 10.2. The topological polar surface area (TPSA) is 118 Å². The number of nitrogens with zero attached hydrogens (tertiary/aromatic N) is 1. The van der Waals surface area contributed by atoms with Crippen molar-refractivity contribution in [2.24, 2.45) is 0 Å². The summed E-state index contributed by atoms with van der Waals surface area (Å²) in [4.78, 5) is 10.7. The zero-order valence-electron chi connectivity index (χ0n) is 15.2. The van der Waals surface area contributed by atoms with E-state index < -0.39 is 31.9 Å². The highest BCUT2D eigenvalue weighted by molar-refractivity contribution is 7.92. The van der Waals surface area contributed by atoms with Gasteiger partial charge in [-0.05, 0) is 43.5 Å². The second-order valence-electron chi connectivity index (χ2n) is 6.55. The standard InChI is InChI=1S/C17H25NO7S2/c1-25-15-6-8-16(9-7-15)27(23,24)18(11-4-2-3-5-17(19)20)14-10-12-26(21,22)13-14/h6-9,14H,2-5,10-13H2,1H3,(H,19,20)/t14-/m0/s1. The van der Waals surface area contributed by atoms with Gasteiger partial charge >= 0.3 is 5.97 Å². The van der Waals surface area contributed by atoms with Gasteiger partial charge in [0.25, 0.3) is 0 Å². The number of carboxylic acids is 1. The van der Waals surface area contributed by atoms with E-state index in [0.717, 1.165) is 0 Å². The van der Waals surface area contributed by atoms with Gasteiger partial charge in [0, 0.05) is 19.0 Å². The zero-order chi connectivity index (χ0) is 20.1. The number of ether oxygens (including phenoxy) is 1. The van der Waals surface area contributed by atoms with Crippen LogP contribution in [0.5, 0.6) is 5.75 Å². The van der Waals surface area contributed by atoms with Crippen molar-refractivity contribution in [2.45, 2.75) is 43.0 Å². The summed E-state index contributed by atoms with van der Waals surface area (Å²) in [5, 5.41) is 8.69. The van der Waals surface area contributed by atoms with Crippen LogP contribution in [0.2, 0.25) is 0 Å². The molecule has 0 radical (unpaired) electrons. The molecule has 0 amide bonds. The number of sulfonamides is 1. The van der Waals surface area contributed by atoms with Gasteiger partial charge in [0.1, 0.15) is 5.75 Å². The molecule has 152 valence electrons. The third kappa shape index (κ3) is 5.91. The molecule has 1 heterocycles. The lowest BCUT2D eigenvalue weighted by molar-refractivity contribution is -0.137. The van der Waals surface area contributed by atoms with Crippen LogP contribution in [0.15, 0.2) is 29.2 Å². The van der Waals surface area contributed by atoms with E-state index in [0.29, 0.717) is 25.0 Å². The van der Waals surface area contributed by atoms with E-state index in [9.17, 15) is 21.6 Å². The molecule has 1 aromatic rings. The van der Waals surface area contributed by atoms with E-state index in [1.807, 2.05) is 0 Å². The van der Waals surface area contributed by atoms with Crippen LogP contribution >= 0.6 is 0 Å². The zero-order valence-corrected chi connectivity index (χ0v) is 16.8. The highest BCUT2D eigenvalue weighted by Crippen LogP contribution is 2.27. The molecule has 1 fully saturated rings. The van der Waals surface area contributed by atoms with Gasteiger partial charge in [-0.15, -0.1) is 0 Å². The Hall–Kier alpha value is -1.65. The monoisotopic (exact) mass is 419 g/mol. The van der Waals surface area contributed by atoms with E-state index >= 15 is 0 Å². The largest absolute Gasteiger partial charge is 0.497 e. The summed E-state index contributed by atoms with van der Waals surface area (Å²) < 4.78 is 56.2. The first kappa shape index (κ1) is 21.6. The minimum atomic E-state index is -3.87. The molecular weight excluding hydrogens is 394 g/mol. The molecule has 1 N–H and O–H groups in total. The molecule has 1 aromatic carbocycles. The maximum Gasteiger partial charge on any atom is 0.303 e. The van der Waals surface area contributed by atoms with Crippen LogP contribution in [0, 0.1) is 0 Å². The first-order valence-electron chi connectivity index (χ1n) is 8.74. The highest BCUT2D eigenvalue weighted by atomic mass is 32.2. The van der Waals surface area contributed by atoms with Gasteiger partial charge in [0.15, 0.2) is 9.84 Å². The van der Waals surface area contributed by atoms with Crippen LogP contribution < -0.4 is 4.74 Å². The molecule has 8 nitrogen and oxygen atoms in total. The molecule has 0 bridgehead atoms. The van der Waals surface area contributed by atoms with Crippen LogP contribution in [0.4, 0.5) is 0 Å². The van der Waals surface area contributed by atoms with Crippen LogP contribution in [-0.2, 0) is 24.7 Å². The Morgan fingerprint density at radius 2 is 1.89 bits per heavy atom. The van der Waals surface area contributed by atoms with Gasteiger partial charge in [-0.1, -0.05) is 6.42 Å². The van der Waals surface area contributed by atoms with Gasteiger partial charge < -0.3 is 9.84 Å². The summed E-state index contributed by atoms with van der Waals surface area (Å²) in [6, 6.07) is 5.37. The van der Waals surface area contributed by atoms with Crippen LogP contribution in [0.1, 0.15) is 32.1 Å². The van der Waals surface area contributed by atoms with Gasteiger partial charge in [-0.25, -0.2) is 16.8 Å². The van der Waals surface area contributed by atoms with Crippen LogP contribution in [0.3, 0.4) is 0 Å². The lowest BCUT2D eigenvalue weighted by Crippen LogP contribution is -2.41. The third-order valence-corrected chi connectivity index (χ3v) is 8.27. The number of rotatable bonds is 10. The number of hydrogen-bond donors (Lipinski definition) is 1. The SMILES string of the molecule is COc1ccc(S(=O)(=O)N(CCCCCC(=O)O)[C@H]2CCS(=O)(=O)C2)cc1. The van der Waals surface area contributed by atoms with Crippen molar-refractivity contribution in [3.05, 3.63) is 24.3 Å². The number of aliphatic carboxylic acids is 1. The summed E-state index contributed by atoms with van der Waals surface area (Å²) >= 11 is 0. The number of carbonyl (C=O) groups is 1. The van der Waals surface area contributed by atoms with Crippen molar-refractivity contribution in [3.63, 3.8) is 0 Å². The smallest absolute Gasteiger partial charge is 0.303 e. The lowest BCUT2D eigenvalue weighted by Gasteiger charge is -2.27. The summed E-state index contributed by atoms with van der Waals surface area (Å²) in [5.74, 6) is -0.569. The summed E-state index contributed by atoms with van der Waals surface area (Å²) in [5.41, 5.74) is 0. The van der Waals surface area contributed by atoms with E-state index in [1.165, 1.54) is 23.5 Å². The first-order valence-corrected chi connectivity index (χ1v) is 12.0. The van der Waals surface area contributed by atoms with Gasteiger partial charge in [0.05, 0.1) is 23.5 Å². The number of carboxylic acid groups (broad SMARTS) is 1. The van der Waals surface area contributed by atoms with E-state index in [4.69, 9.17) is 9.84 Å². The van der Waals surface area contributed by atoms with Crippen molar-refractivity contribution in [1.82, 2.24) is 4.31 Å². The quantitative estimate of drug-likeness (QED) is 0.571. The second kappa shape index (κ2) is 9.03. The molecule has 27 heavy (non-hydrogen) atoms. The molecule has 0 spiro atoms. The molecule has 0 aromatic heterocycles. The Morgan fingerprint density at radius 3 is 2.41 bits per heavy atom. The number of hydrogen-bond acceptors (Lipinski definition) is 6. The van der Waals surface area contributed by atoms with Crippen molar-refractivity contribution in [3.8, 4) is 5.75 Å². The minimum Gasteiger partial charge on any atom is -0.497 e. The van der Waals surface area contributed by atoms with Crippen molar-refractivity contribution in [2.75, 3.05) is 25.2 Å². The molecular formula is C17H25NO7S2. The predicted molar refractivity (Wildman–Crippen MR) is 100 cm³/mol. The average Bonchev–Trinajstić information content (AvgIpc) is 2.97. The van der Waals surface area contributed by atoms with E-state index in [-0.39, 0.29) is 35.8 Å². The summed E-state index contributed by atoms with van der Waals surface area (Å²) in [6.07, 6.45) is 1.78. The normalized spacial score (nSPS) is 19.3. The molecule has 1 aliphatic heterocycles. The Morgan fingerprint density at radius 1 is 1.22 bits per heavy atom. The first-order chi connectivity index (χ1) is 12.7. The Balaban J connectivity index is 2.17. The Kier molecular flexibility index (Phi) is 7.24. The molecule has 0 saturated carbocycles. The maximum atomic E-state index is 13.1. The van der Waals surface area contributed by atoms with E-state index in [2.05, 4.69) is 0 Å². The van der Waals surface area contributed by atoms with Crippen LogP contribution in [-0.4, -0.2) is 63.4 Å². The Labute approximate surface area is 160 Å². The Bertz CT molecular complexity index is 848. The number of methoxy groups -OCH3 is 1. The van der Waals surface area contributed by atoms with Gasteiger partial charge in [-0.2, -0.15) is 4.31 Å². The number of sulfone groups is 1. The maximum absolute atomic E-state index is 13.1. The van der Waals surface area contributed by atoms with Crippen LogP contribution in [0.25, 0.3) is 0 Å². The molecule has 1 aliphatic rings. The number of benzene rings is 1. The fourth-order valence-electron chi connectivity index (χ4n) is 3.11. The van der Waals surface area contributed by atoms with Gasteiger partial charge in [0.2, 0.25) is 10.0 Å². The third-order valence-electron chi connectivity index (χ3n) is 4.55. The predicted octanol–water partition coefficient (Wildman–Crippen LogP) is 1.52. The summed E-state index contributed by atoms with van der Waals surface area (Å²) in [6.45, 7) is 0.161. The van der Waals surface area contributed by atoms with E-state index in [1.54, 1.807) is 12.1 Å². The fourth-order valence-corrected chi connectivity index (χ4v) is 6.62. The van der Waals surface area contributed by atoms with Crippen molar-refractivity contribution in [1.29, 1.82) is 0 Å². The molecule has 0 unspecified atom stereocenters. The van der Waals surface area contributed by atoms with Crippen molar-refractivity contribution >= 4 is 25.8 Å².